The van der Waals surface area contributed by atoms with Crippen molar-refractivity contribution in [1.29, 1.82) is 0 Å². The second kappa shape index (κ2) is 13.2. The first-order valence-corrected chi connectivity index (χ1v) is 13.9. The Kier molecular flexibility index (Phi) is 9.53. The highest BCUT2D eigenvalue weighted by atomic mass is 16.7. The Labute approximate surface area is 233 Å². The summed E-state index contributed by atoms with van der Waals surface area (Å²) in [6, 6.07) is 11.7. The molecule has 0 aromatic heterocycles. The molecule has 8 heteroatoms. The van der Waals surface area contributed by atoms with Crippen molar-refractivity contribution < 1.29 is 38.1 Å². The zero-order valence-corrected chi connectivity index (χ0v) is 23.2. The van der Waals surface area contributed by atoms with Crippen LogP contribution in [0.4, 0.5) is 9.59 Å². The summed E-state index contributed by atoms with van der Waals surface area (Å²) >= 11 is 0. The van der Waals surface area contributed by atoms with Gasteiger partial charge in [0.1, 0.15) is 0 Å². The van der Waals surface area contributed by atoms with Gasteiger partial charge in [-0.2, -0.15) is 0 Å². The summed E-state index contributed by atoms with van der Waals surface area (Å²) in [5.74, 6) is -1.26. The fourth-order valence-corrected chi connectivity index (χ4v) is 4.73. The largest absolute Gasteiger partial charge is 0.513 e. The first-order valence-electron chi connectivity index (χ1n) is 13.9. The molecule has 0 saturated carbocycles. The number of unbranched alkanes of at least 4 members (excludes halogenated alkanes) is 4. The lowest BCUT2D eigenvalue weighted by Crippen LogP contribution is -2.29. The van der Waals surface area contributed by atoms with Crippen LogP contribution in [0.15, 0.2) is 53.6 Å². The highest BCUT2D eigenvalue weighted by Gasteiger charge is 2.43. The van der Waals surface area contributed by atoms with E-state index < -0.39 is 23.9 Å². The molecule has 8 nitrogen and oxygen atoms in total. The number of carbonyl (C=O) groups is 4. The van der Waals surface area contributed by atoms with E-state index in [0.717, 1.165) is 31.2 Å². The molecule has 0 unspecified atom stereocenters. The number of ether oxygens (including phenoxy) is 4. The van der Waals surface area contributed by atoms with Gasteiger partial charge in [0, 0.05) is 22.3 Å². The van der Waals surface area contributed by atoms with Crippen molar-refractivity contribution in [3.05, 3.63) is 81.4 Å². The second-order valence-corrected chi connectivity index (χ2v) is 9.66. The van der Waals surface area contributed by atoms with Crippen LogP contribution in [0.5, 0.6) is 0 Å². The number of ketones is 2. The third-order valence-corrected chi connectivity index (χ3v) is 6.86. The summed E-state index contributed by atoms with van der Waals surface area (Å²) in [4.78, 5) is 53.3. The molecule has 0 amide bonds. The van der Waals surface area contributed by atoms with Crippen LogP contribution in [0.25, 0.3) is 11.5 Å². The highest BCUT2D eigenvalue weighted by Crippen LogP contribution is 2.45. The minimum Gasteiger partial charge on any atom is -0.434 e. The van der Waals surface area contributed by atoms with E-state index in [1.54, 1.807) is 42.5 Å². The normalized spacial score (nSPS) is 13.9. The SMILES string of the molecule is CCCCCOC(=O)OC1=C2C(=O)c3ccc(CC)cc3C(OC(=O)OCCCCC)=C2C(=O)c2ccccc21. The average Bonchev–Trinajstić information content (AvgIpc) is 2.97. The Balaban J connectivity index is 1.85. The number of benzene rings is 2. The van der Waals surface area contributed by atoms with E-state index in [4.69, 9.17) is 18.9 Å². The fraction of sp³-hybridized carbons (Fsp3) is 0.375. The Morgan fingerprint density at radius 1 is 0.625 bits per heavy atom. The number of hydrogen-bond acceptors (Lipinski definition) is 8. The molecular formula is C32H34O8. The van der Waals surface area contributed by atoms with Crippen molar-refractivity contribution in [1.82, 2.24) is 0 Å². The fourth-order valence-electron chi connectivity index (χ4n) is 4.73. The predicted octanol–water partition coefficient (Wildman–Crippen LogP) is 7.45. The number of carbonyl (C=O) groups excluding carboxylic acids is 4. The van der Waals surface area contributed by atoms with Crippen molar-refractivity contribution in [2.24, 2.45) is 0 Å². The molecule has 0 heterocycles. The van der Waals surface area contributed by atoms with Crippen LogP contribution in [-0.2, 0) is 25.4 Å². The molecule has 0 fully saturated rings. The standard InChI is InChI=1S/C32H34O8/c1-4-7-11-17-37-31(35)39-29-23-14-10-9-13-21(23)27(33)26-25(29)28(34)22-16-15-20(6-3)19-24(22)30(26)40-32(36)38-18-12-8-5-2/h9-10,13-16,19H,4-8,11-12,17-18H2,1-3H3. The molecule has 0 atom stereocenters. The third kappa shape index (κ3) is 6.01. The van der Waals surface area contributed by atoms with E-state index in [1.165, 1.54) is 0 Å². The summed E-state index contributed by atoms with van der Waals surface area (Å²) in [6.45, 7) is 6.34. The number of rotatable bonds is 11. The van der Waals surface area contributed by atoms with Crippen LogP contribution in [0.2, 0.25) is 0 Å². The summed E-state index contributed by atoms with van der Waals surface area (Å²) < 4.78 is 21.8. The Bertz CT molecular complexity index is 1380. The van der Waals surface area contributed by atoms with Gasteiger partial charge in [0.2, 0.25) is 0 Å². The first-order chi connectivity index (χ1) is 19.4. The van der Waals surface area contributed by atoms with Crippen molar-refractivity contribution in [3.63, 3.8) is 0 Å². The van der Waals surface area contributed by atoms with Crippen LogP contribution < -0.4 is 0 Å². The maximum absolute atomic E-state index is 13.9. The van der Waals surface area contributed by atoms with E-state index in [-0.39, 0.29) is 52.6 Å². The van der Waals surface area contributed by atoms with E-state index >= 15 is 0 Å². The van der Waals surface area contributed by atoms with Crippen LogP contribution in [-0.4, -0.2) is 37.1 Å². The van der Waals surface area contributed by atoms with Crippen LogP contribution in [0.3, 0.4) is 0 Å². The van der Waals surface area contributed by atoms with Crippen molar-refractivity contribution in [2.75, 3.05) is 13.2 Å². The molecule has 210 valence electrons. The Hall–Kier alpha value is -4.20. The summed E-state index contributed by atoms with van der Waals surface area (Å²) in [5.41, 5.74) is 1.59. The topological polar surface area (TPSA) is 105 Å². The van der Waals surface area contributed by atoms with Gasteiger partial charge in [-0.1, -0.05) is 82.9 Å². The zero-order chi connectivity index (χ0) is 28.6. The molecule has 0 radical (unpaired) electrons. The number of allylic oxidation sites excluding steroid dienone is 2. The molecule has 0 bridgehead atoms. The highest BCUT2D eigenvalue weighted by molar-refractivity contribution is 6.34. The molecule has 2 aromatic carbocycles. The number of fused-ring (bicyclic) bond motifs is 3. The van der Waals surface area contributed by atoms with Crippen molar-refractivity contribution in [3.8, 4) is 0 Å². The third-order valence-electron chi connectivity index (χ3n) is 6.86. The monoisotopic (exact) mass is 546 g/mol. The van der Waals surface area contributed by atoms with Crippen molar-refractivity contribution >= 4 is 35.4 Å². The molecule has 4 rings (SSSR count). The molecular weight excluding hydrogens is 512 g/mol. The number of Topliss-reactive ketones (excluding diaryl/α,β-unsaturated/α-hetero) is 2. The number of hydrogen-bond donors (Lipinski definition) is 0. The number of aryl methyl sites for hydroxylation is 1. The molecule has 2 aliphatic carbocycles. The summed E-state index contributed by atoms with van der Waals surface area (Å²) in [5, 5.41) is 0. The molecule has 0 spiro atoms. The quantitative estimate of drug-likeness (QED) is 0.211. The van der Waals surface area contributed by atoms with E-state index in [2.05, 4.69) is 0 Å². The van der Waals surface area contributed by atoms with Gasteiger partial charge in [-0.15, -0.1) is 0 Å². The minimum atomic E-state index is -0.986. The zero-order valence-electron chi connectivity index (χ0n) is 23.2. The lowest BCUT2D eigenvalue weighted by Gasteiger charge is -2.29. The Morgan fingerprint density at radius 3 is 1.65 bits per heavy atom. The van der Waals surface area contributed by atoms with Gasteiger partial charge in [0.05, 0.1) is 24.4 Å². The molecule has 2 aliphatic rings. The summed E-state index contributed by atoms with van der Waals surface area (Å²) in [6.07, 6.45) is 3.70. The van der Waals surface area contributed by atoms with Gasteiger partial charge in [-0.25, -0.2) is 9.59 Å². The maximum atomic E-state index is 13.9. The Morgan fingerprint density at radius 2 is 1.12 bits per heavy atom. The molecule has 0 saturated heterocycles. The summed E-state index contributed by atoms with van der Waals surface area (Å²) in [7, 11) is 0. The van der Waals surface area contributed by atoms with E-state index in [9.17, 15) is 19.2 Å². The van der Waals surface area contributed by atoms with Gasteiger partial charge in [0.15, 0.2) is 23.1 Å². The van der Waals surface area contributed by atoms with E-state index in [0.29, 0.717) is 24.8 Å². The lowest BCUT2D eigenvalue weighted by atomic mass is 9.76. The predicted molar refractivity (Wildman–Crippen MR) is 149 cm³/mol. The van der Waals surface area contributed by atoms with Crippen LogP contribution in [0.1, 0.15) is 96.7 Å². The van der Waals surface area contributed by atoms with Gasteiger partial charge < -0.3 is 18.9 Å². The molecule has 40 heavy (non-hydrogen) atoms. The van der Waals surface area contributed by atoms with Gasteiger partial charge >= 0.3 is 12.3 Å². The van der Waals surface area contributed by atoms with Gasteiger partial charge in [-0.05, 0) is 30.9 Å². The lowest BCUT2D eigenvalue weighted by molar-refractivity contribution is 0.0842. The van der Waals surface area contributed by atoms with Crippen LogP contribution in [0, 0.1) is 0 Å². The van der Waals surface area contributed by atoms with E-state index in [1.807, 2.05) is 20.8 Å². The van der Waals surface area contributed by atoms with Gasteiger partial charge in [0.25, 0.3) is 0 Å². The minimum absolute atomic E-state index is 0.0997. The molecule has 0 aliphatic heterocycles. The van der Waals surface area contributed by atoms with Crippen LogP contribution >= 0.6 is 0 Å². The first kappa shape index (κ1) is 28.8. The average molecular weight is 547 g/mol. The second-order valence-electron chi connectivity index (χ2n) is 9.66. The van der Waals surface area contributed by atoms with Crippen molar-refractivity contribution in [2.45, 2.75) is 65.7 Å². The maximum Gasteiger partial charge on any atom is 0.513 e. The van der Waals surface area contributed by atoms with Gasteiger partial charge in [-0.3, -0.25) is 9.59 Å². The molecule has 2 aromatic rings. The molecule has 0 N–H and O–H groups in total. The smallest absolute Gasteiger partial charge is 0.434 e.